The van der Waals surface area contributed by atoms with E-state index in [0.29, 0.717) is 22.5 Å². The van der Waals surface area contributed by atoms with Crippen molar-refractivity contribution in [2.24, 2.45) is 0 Å². The predicted octanol–water partition coefficient (Wildman–Crippen LogP) is 3.07. The van der Waals surface area contributed by atoms with Gasteiger partial charge in [0.15, 0.2) is 0 Å². The first-order valence-electron chi connectivity index (χ1n) is 6.12. The number of carbonyl (C=O) groups is 1. The number of halogens is 1. The Hall–Kier alpha value is -0.870. The molecule has 18 heavy (non-hydrogen) atoms. The summed E-state index contributed by atoms with van der Waals surface area (Å²) < 4.78 is 0. The van der Waals surface area contributed by atoms with Crippen molar-refractivity contribution in [3.63, 3.8) is 0 Å². The van der Waals surface area contributed by atoms with Crippen LogP contribution < -0.4 is 11.1 Å². The van der Waals surface area contributed by atoms with E-state index in [4.69, 9.17) is 17.3 Å². The number of thioether (sulfide) groups is 1. The molecular weight excluding hydrogens is 268 g/mol. The molecule has 5 heteroatoms. The maximum Gasteiger partial charge on any atom is 0.230 e. The molecule has 0 saturated heterocycles. The van der Waals surface area contributed by atoms with E-state index in [1.165, 1.54) is 24.6 Å². The molecule has 0 aromatic heterocycles. The average molecular weight is 285 g/mol. The Kier molecular flexibility index (Phi) is 4.78. The first-order chi connectivity index (χ1) is 8.65. The third kappa shape index (κ3) is 3.82. The number of amides is 1. The molecule has 2 rings (SSSR count). The molecule has 0 aliphatic heterocycles. The lowest BCUT2D eigenvalue weighted by molar-refractivity contribution is -0.119. The van der Waals surface area contributed by atoms with Gasteiger partial charge < -0.3 is 11.1 Å². The Labute approximate surface area is 116 Å². The van der Waals surface area contributed by atoms with Crippen LogP contribution in [0.5, 0.6) is 0 Å². The number of nitrogen functional groups attached to an aromatic ring is 1. The van der Waals surface area contributed by atoms with Crippen molar-refractivity contribution in [3.05, 3.63) is 23.2 Å². The van der Waals surface area contributed by atoms with E-state index < -0.39 is 0 Å². The summed E-state index contributed by atoms with van der Waals surface area (Å²) in [5.74, 6) is 0.524. The van der Waals surface area contributed by atoms with Gasteiger partial charge >= 0.3 is 0 Å². The number of carbonyl (C=O) groups excluding carboxylic acids is 1. The van der Waals surface area contributed by atoms with Crippen LogP contribution in [0.4, 0.5) is 5.69 Å². The van der Waals surface area contributed by atoms with Gasteiger partial charge in [0.05, 0.1) is 16.5 Å². The van der Waals surface area contributed by atoms with Gasteiger partial charge in [0.25, 0.3) is 0 Å². The van der Waals surface area contributed by atoms with E-state index in [1.54, 1.807) is 12.1 Å². The van der Waals surface area contributed by atoms with Gasteiger partial charge in [0.1, 0.15) is 0 Å². The second kappa shape index (κ2) is 6.34. The summed E-state index contributed by atoms with van der Waals surface area (Å²) in [6, 6.07) is 5.83. The first-order valence-corrected chi connectivity index (χ1v) is 7.48. The standard InChI is InChI=1S/C13H17ClN2OS/c14-11-7-10(5-6-12(11)15)18-8-13(17)16-9-3-1-2-4-9/h5-7,9H,1-4,8,15H2,(H,16,17). The molecule has 1 aliphatic rings. The average Bonchev–Trinajstić information content (AvgIpc) is 2.83. The summed E-state index contributed by atoms with van der Waals surface area (Å²) in [4.78, 5) is 12.7. The minimum Gasteiger partial charge on any atom is -0.398 e. The van der Waals surface area contributed by atoms with Crippen LogP contribution in [0.25, 0.3) is 0 Å². The quantitative estimate of drug-likeness (QED) is 0.660. The molecule has 3 nitrogen and oxygen atoms in total. The van der Waals surface area contributed by atoms with Gasteiger partial charge in [-0.2, -0.15) is 0 Å². The molecule has 0 bridgehead atoms. The molecule has 3 N–H and O–H groups in total. The molecule has 1 aromatic rings. The smallest absolute Gasteiger partial charge is 0.230 e. The van der Waals surface area contributed by atoms with Gasteiger partial charge in [-0.1, -0.05) is 24.4 Å². The molecule has 0 radical (unpaired) electrons. The van der Waals surface area contributed by atoms with Crippen molar-refractivity contribution in [2.45, 2.75) is 36.6 Å². The molecule has 1 aromatic carbocycles. The second-order valence-corrected chi connectivity index (χ2v) is 5.98. The monoisotopic (exact) mass is 284 g/mol. The fraction of sp³-hybridized carbons (Fsp3) is 0.462. The van der Waals surface area contributed by atoms with Crippen LogP contribution in [-0.2, 0) is 4.79 Å². The predicted molar refractivity (Wildman–Crippen MR) is 77.0 cm³/mol. The largest absolute Gasteiger partial charge is 0.398 e. The van der Waals surface area contributed by atoms with E-state index >= 15 is 0 Å². The van der Waals surface area contributed by atoms with Crippen molar-refractivity contribution in [1.29, 1.82) is 0 Å². The minimum absolute atomic E-state index is 0.0971. The lowest BCUT2D eigenvalue weighted by Gasteiger charge is -2.11. The summed E-state index contributed by atoms with van der Waals surface area (Å²) in [6.45, 7) is 0. The first kappa shape index (κ1) is 13.6. The highest BCUT2D eigenvalue weighted by Gasteiger charge is 2.16. The third-order valence-electron chi connectivity index (χ3n) is 3.06. The van der Waals surface area contributed by atoms with Crippen LogP contribution in [0.2, 0.25) is 5.02 Å². The van der Waals surface area contributed by atoms with Gasteiger partial charge in [-0.15, -0.1) is 11.8 Å². The molecule has 0 spiro atoms. The van der Waals surface area contributed by atoms with Gasteiger partial charge in [-0.25, -0.2) is 0 Å². The fourth-order valence-electron chi connectivity index (χ4n) is 2.09. The zero-order chi connectivity index (χ0) is 13.0. The molecule has 0 atom stereocenters. The van der Waals surface area contributed by atoms with Crippen LogP contribution >= 0.6 is 23.4 Å². The van der Waals surface area contributed by atoms with Crippen molar-refractivity contribution in [1.82, 2.24) is 5.32 Å². The lowest BCUT2D eigenvalue weighted by atomic mass is 10.2. The zero-order valence-corrected chi connectivity index (χ0v) is 11.7. The maximum absolute atomic E-state index is 11.7. The second-order valence-electron chi connectivity index (χ2n) is 4.52. The van der Waals surface area contributed by atoms with E-state index in [9.17, 15) is 4.79 Å². The number of hydrogen-bond donors (Lipinski definition) is 2. The van der Waals surface area contributed by atoms with E-state index in [0.717, 1.165) is 17.7 Å². The topological polar surface area (TPSA) is 55.1 Å². The number of benzene rings is 1. The summed E-state index contributed by atoms with van der Waals surface area (Å²) in [5, 5.41) is 3.60. The number of nitrogens with two attached hydrogens (primary N) is 1. The Morgan fingerprint density at radius 1 is 1.44 bits per heavy atom. The molecular formula is C13H17ClN2OS. The Morgan fingerprint density at radius 3 is 2.83 bits per heavy atom. The van der Waals surface area contributed by atoms with E-state index in [-0.39, 0.29) is 5.91 Å². The molecule has 0 heterocycles. The summed E-state index contributed by atoms with van der Waals surface area (Å²) in [5.41, 5.74) is 6.20. The zero-order valence-electron chi connectivity index (χ0n) is 10.1. The lowest BCUT2D eigenvalue weighted by Crippen LogP contribution is -2.33. The molecule has 98 valence electrons. The van der Waals surface area contributed by atoms with Gasteiger partial charge in [-0.3, -0.25) is 4.79 Å². The number of anilines is 1. The normalized spacial score (nSPS) is 15.8. The Bertz CT molecular complexity index is 433. The maximum atomic E-state index is 11.7. The van der Waals surface area contributed by atoms with Crippen molar-refractivity contribution >= 4 is 35.0 Å². The van der Waals surface area contributed by atoms with E-state index in [1.807, 2.05) is 6.07 Å². The van der Waals surface area contributed by atoms with Crippen LogP contribution in [0.15, 0.2) is 23.1 Å². The highest BCUT2D eigenvalue weighted by molar-refractivity contribution is 8.00. The summed E-state index contributed by atoms with van der Waals surface area (Å²) >= 11 is 7.41. The van der Waals surface area contributed by atoms with Crippen molar-refractivity contribution in [2.75, 3.05) is 11.5 Å². The number of rotatable bonds is 4. The van der Waals surface area contributed by atoms with Crippen LogP contribution in [0.1, 0.15) is 25.7 Å². The van der Waals surface area contributed by atoms with Gasteiger partial charge in [0, 0.05) is 10.9 Å². The fourth-order valence-corrected chi connectivity index (χ4v) is 3.08. The minimum atomic E-state index is 0.0971. The van der Waals surface area contributed by atoms with E-state index in [2.05, 4.69) is 5.32 Å². The van der Waals surface area contributed by atoms with Crippen molar-refractivity contribution in [3.8, 4) is 0 Å². The van der Waals surface area contributed by atoms with Crippen LogP contribution in [-0.4, -0.2) is 17.7 Å². The Morgan fingerprint density at radius 2 is 2.17 bits per heavy atom. The highest BCUT2D eigenvalue weighted by Crippen LogP contribution is 2.26. The molecule has 1 amide bonds. The number of hydrogen-bond acceptors (Lipinski definition) is 3. The molecule has 1 fully saturated rings. The molecule has 1 aliphatic carbocycles. The highest BCUT2D eigenvalue weighted by atomic mass is 35.5. The Balaban J connectivity index is 1.79. The summed E-state index contributed by atoms with van der Waals surface area (Å²) in [7, 11) is 0. The molecule has 0 unspecified atom stereocenters. The SMILES string of the molecule is Nc1ccc(SCC(=O)NC2CCCC2)cc1Cl. The third-order valence-corrected chi connectivity index (χ3v) is 4.38. The molecule has 1 saturated carbocycles. The van der Waals surface area contributed by atoms with Gasteiger partial charge in [-0.05, 0) is 31.0 Å². The van der Waals surface area contributed by atoms with Crippen LogP contribution in [0, 0.1) is 0 Å². The summed E-state index contributed by atoms with van der Waals surface area (Å²) in [6.07, 6.45) is 4.69. The van der Waals surface area contributed by atoms with Crippen molar-refractivity contribution < 1.29 is 4.79 Å². The van der Waals surface area contributed by atoms with Gasteiger partial charge in [0.2, 0.25) is 5.91 Å². The number of nitrogens with one attached hydrogen (secondary N) is 1. The van der Waals surface area contributed by atoms with Crippen LogP contribution in [0.3, 0.4) is 0 Å².